The molecule has 3 rings (SSSR count). The molecule has 1 aliphatic rings. The molecule has 2 N–H and O–H groups in total. The largest absolute Gasteiger partial charge is 0.404 e. The van der Waals surface area contributed by atoms with Gasteiger partial charge in [0.05, 0.1) is 10.7 Å². The fraction of sp³-hybridized carbons (Fsp3) is 0.333. The predicted molar refractivity (Wildman–Crippen MR) is 111 cm³/mol. The van der Waals surface area contributed by atoms with Crippen molar-refractivity contribution in [3.05, 3.63) is 46.0 Å². The highest BCUT2D eigenvalue weighted by Gasteiger charge is 2.41. The maximum atomic E-state index is 13.0. The minimum atomic E-state index is -4.80. The first-order valence-corrected chi connectivity index (χ1v) is 11.3. The van der Waals surface area contributed by atoms with Gasteiger partial charge < -0.3 is 9.88 Å². The van der Waals surface area contributed by atoms with Crippen molar-refractivity contribution in [3.8, 4) is 0 Å². The highest BCUT2D eigenvalue weighted by Crippen LogP contribution is 2.36. The number of nitrogens with one attached hydrogen (secondary N) is 2. The van der Waals surface area contributed by atoms with Crippen LogP contribution in [0.1, 0.15) is 35.9 Å². The van der Waals surface area contributed by atoms with Crippen molar-refractivity contribution >= 4 is 50.9 Å². The lowest BCUT2D eigenvalue weighted by molar-refractivity contribution is -0.147. The van der Waals surface area contributed by atoms with Crippen LogP contribution < -0.4 is 10.0 Å². The Bertz CT molecular complexity index is 1150. The molecule has 0 saturated heterocycles. The van der Waals surface area contributed by atoms with E-state index in [1.165, 1.54) is 29.0 Å². The molecule has 1 amide bonds. The number of carbonyl (C=O) groups excluding carboxylic acids is 1. The minimum Gasteiger partial charge on any atom is -0.335 e. The van der Waals surface area contributed by atoms with E-state index < -0.39 is 38.1 Å². The third-order valence-electron chi connectivity index (χ3n) is 4.52. The van der Waals surface area contributed by atoms with Gasteiger partial charge in [0, 0.05) is 18.4 Å². The van der Waals surface area contributed by atoms with E-state index in [0.717, 1.165) is 0 Å². The van der Waals surface area contributed by atoms with Crippen LogP contribution in [0.25, 0.3) is 6.08 Å². The Hall–Kier alpha value is -2.08. The fourth-order valence-corrected chi connectivity index (χ4v) is 5.31. The molecule has 0 fully saturated rings. The Balaban J connectivity index is 2.09. The molecule has 0 bridgehead atoms. The van der Waals surface area contributed by atoms with Crippen LogP contribution in [0.2, 0.25) is 10.2 Å². The molecule has 31 heavy (non-hydrogen) atoms. The van der Waals surface area contributed by atoms with Crippen molar-refractivity contribution < 1.29 is 26.4 Å². The van der Waals surface area contributed by atoms with Crippen LogP contribution in [0.15, 0.2) is 29.3 Å². The van der Waals surface area contributed by atoms with E-state index in [1.54, 1.807) is 10.8 Å². The topological polar surface area (TPSA) is 93.1 Å². The molecule has 7 nitrogen and oxygen atoms in total. The van der Waals surface area contributed by atoms with E-state index in [-0.39, 0.29) is 28.8 Å². The Kier molecular flexibility index (Phi) is 6.70. The summed E-state index contributed by atoms with van der Waals surface area (Å²) in [5, 5.41) is 2.20. The summed E-state index contributed by atoms with van der Waals surface area (Å²) in [6.45, 7) is 0.920. The number of pyridine rings is 1. The van der Waals surface area contributed by atoms with Crippen LogP contribution in [0.5, 0.6) is 0 Å². The second-order valence-corrected chi connectivity index (χ2v) is 9.20. The Morgan fingerprint density at radius 3 is 2.68 bits per heavy atom. The summed E-state index contributed by atoms with van der Waals surface area (Å²) in [4.78, 5) is 16.2. The van der Waals surface area contributed by atoms with Crippen molar-refractivity contribution in [2.75, 3.05) is 5.32 Å². The molecule has 0 aliphatic carbocycles. The lowest BCUT2D eigenvalue weighted by Crippen LogP contribution is -2.43. The SMILES string of the molecule is CC(NS(=O)(=O)c1c(Cl)c(C(=O)Nc2ccnc(Cl)c2)n2c1C=CCCC2)C(F)(F)F. The number of aromatic nitrogens is 2. The number of halogens is 5. The molecule has 2 aromatic heterocycles. The van der Waals surface area contributed by atoms with Crippen molar-refractivity contribution in [2.24, 2.45) is 0 Å². The van der Waals surface area contributed by atoms with Gasteiger partial charge in [-0.05, 0) is 38.0 Å². The summed E-state index contributed by atoms with van der Waals surface area (Å²) in [5.74, 6) is -0.742. The molecule has 0 aromatic carbocycles. The maximum Gasteiger partial charge on any atom is 0.404 e. The van der Waals surface area contributed by atoms with Gasteiger partial charge in [0.25, 0.3) is 5.91 Å². The molecule has 1 atom stereocenters. The van der Waals surface area contributed by atoms with Gasteiger partial charge in [-0.25, -0.2) is 13.4 Å². The molecule has 1 aliphatic heterocycles. The van der Waals surface area contributed by atoms with Crippen LogP contribution in [-0.4, -0.2) is 36.1 Å². The maximum absolute atomic E-state index is 13.0. The van der Waals surface area contributed by atoms with Crippen LogP contribution in [0.3, 0.4) is 0 Å². The van der Waals surface area contributed by atoms with Crippen LogP contribution >= 0.6 is 23.2 Å². The smallest absolute Gasteiger partial charge is 0.335 e. The molecular formula is C18H17Cl2F3N4O3S. The molecule has 2 aromatic rings. The van der Waals surface area contributed by atoms with Gasteiger partial charge in [0.1, 0.15) is 21.8 Å². The van der Waals surface area contributed by atoms with E-state index in [0.29, 0.717) is 19.8 Å². The zero-order chi connectivity index (χ0) is 23.0. The number of alkyl halides is 3. The third kappa shape index (κ3) is 5.05. The van der Waals surface area contributed by atoms with Gasteiger partial charge in [0.2, 0.25) is 10.0 Å². The van der Waals surface area contributed by atoms with Crippen molar-refractivity contribution in [3.63, 3.8) is 0 Å². The Labute approximate surface area is 186 Å². The van der Waals surface area contributed by atoms with E-state index in [1.807, 2.05) is 0 Å². The molecule has 0 radical (unpaired) electrons. The van der Waals surface area contributed by atoms with Crippen molar-refractivity contribution in [2.45, 2.75) is 43.4 Å². The molecule has 0 saturated carbocycles. The summed E-state index contributed by atoms with van der Waals surface area (Å²) in [6, 6.07) is 0.493. The summed E-state index contributed by atoms with van der Waals surface area (Å²) >= 11 is 12.1. The first-order chi connectivity index (χ1) is 14.4. The number of allylic oxidation sites excluding steroid dienone is 1. The standard InChI is InChI=1S/C18H17Cl2F3N4O3S/c1-10(18(21,22)23)26-31(29,30)16-12-5-3-2-4-8-27(12)15(14(16)20)17(28)25-11-6-7-24-13(19)9-11/h3,5-7,9-10,26H,2,4,8H2,1H3,(H,24,25,28). The first-order valence-electron chi connectivity index (χ1n) is 9.02. The predicted octanol–water partition coefficient (Wildman–Crippen LogP) is 4.48. The van der Waals surface area contributed by atoms with Crippen molar-refractivity contribution in [1.29, 1.82) is 0 Å². The number of anilines is 1. The molecular weight excluding hydrogens is 480 g/mol. The van der Waals surface area contributed by atoms with Crippen LogP contribution in [-0.2, 0) is 16.6 Å². The average molecular weight is 497 g/mol. The fourth-order valence-electron chi connectivity index (χ4n) is 3.05. The van der Waals surface area contributed by atoms with Gasteiger partial charge in [0.15, 0.2) is 0 Å². The summed E-state index contributed by atoms with van der Waals surface area (Å²) < 4.78 is 67.5. The molecule has 3 heterocycles. The average Bonchev–Trinajstić information content (AvgIpc) is 2.76. The highest BCUT2D eigenvalue weighted by molar-refractivity contribution is 7.89. The Morgan fingerprint density at radius 2 is 2.03 bits per heavy atom. The number of nitrogens with zero attached hydrogens (tertiary/aromatic N) is 2. The quantitative estimate of drug-likeness (QED) is 0.596. The van der Waals surface area contributed by atoms with Crippen LogP contribution in [0, 0.1) is 0 Å². The summed E-state index contributed by atoms with van der Waals surface area (Å²) in [6.07, 6.45) is 0.831. The lowest BCUT2D eigenvalue weighted by atomic mass is 10.3. The zero-order valence-electron chi connectivity index (χ0n) is 16.0. The normalized spacial score (nSPS) is 15.3. The minimum absolute atomic E-state index is 0.0299. The molecule has 0 spiro atoms. The number of rotatable bonds is 5. The molecule has 13 heteroatoms. The number of sulfonamides is 1. The van der Waals surface area contributed by atoms with Gasteiger partial charge >= 0.3 is 6.18 Å². The van der Waals surface area contributed by atoms with E-state index >= 15 is 0 Å². The first kappa shape index (κ1) is 23.6. The second-order valence-electron chi connectivity index (χ2n) is 6.78. The third-order valence-corrected chi connectivity index (χ3v) is 6.82. The van der Waals surface area contributed by atoms with E-state index in [9.17, 15) is 26.4 Å². The summed E-state index contributed by atoms with van der Waals surface area (Å²) in [7, 11) is -4.71. The number of hydrogen-bond donors (Lipinski definition) is 2. The highest BCUT2D eigenvalue weighted by atomic mass is 35.5. The van der Waals surface area contributed by atoms with Gasteiger partial charge in [-0.3, -0.25) is 4.79 Å². The monoisotopic (exact) mass is 496 g/mol. The van der Waals surface area contributed by atoms with Gasteiger partial charge in [-0.2, -0.15) is 17.9 Å². The van der Waals surface area contributed by atoms with Crippen molar-refractivity contribution in [1.82, 2.24) is 14.3 Å². The Morgan fingerprint density at radius 1 is 1.32 bits per heavy atom. The molecule has 1 unspecified atom stereocenters. The van der Waals surface area contributed by atoms with Gasteiger partial charge in [-0.1, -0.05) is 29.3 Å². The number of hydrogen-bond acceptors (Lipinski definition) is 4. The molecule has 168 valence electrons. The van der Waals surface area contributed by atoms with E-state index in [4.69, 9.17) is 23.2 Å². The number of carbonyl (C=O) groups is 1. The number of amides is 1. The second kappa shape index (κ2) is 8.81. The number of fused-ring (bicyclic) bond motifs is 1. The lowest BCUT2D eigenvalue weighted by Gasteiger charge is -2.17. The zero-order valence-corrected chi connectivity index (χ0v) is 18.3. The van der Waals surface area contributed by atoms with Crippen LogP contribution in [0.4, 0.5) is 18.9 Å². The van der Waals surface area contributed by atoms with E-state index in [2.05, 4.69) is 10.3 Å². The van der Waals surface area contributed by atoms with Gasteiger partial charge in [-0.15, -0.1) is 0 Å². The summed E-state index contributed by atoms with van der Waals surface area (Å²) in [5.41, 5.74) is 0.132.